The Hall–Kier alpha value is -1.02. The molecule has 2 nitrogen and oxygen atoms in total. The van der Waals surface area contributed by atoms with Gasteiger partial charge in [-0.25, -0.2) is 0 Å². The van der Waals surface area contributed by atoms with Gasteiger partial charge in [-0.3, -0.25) is 0 Å². The highest BCUT2D eigenvalue weighted by Gasteiger charge is 2.27. The maximum atomic E-state index is 6.00. The molecule has 0 saturated carbocycles. The Morgan fingerprint density at radius 2 is 2.29 bits per heavy atom. The highest BCUT2D eigenvalue weighted by atomic mass is 16.3. The smallest absolute Gasteiger partial charge is 0.0977 e. The molecule has 0 amide bonds. The number of allylic oxidation sites excluding steroid dienone is 1. The van der Waals surface area contributed by atoms with Crippen molar-refractivity contribution in [1.82, 2.24) is 0 Å². The monoisotopic (exact) mass is 191 g/mol. The summed E-state index contributed by atoms with van der Waals surface area (Å²) in [6.07, 6.45) is 7.81. The van der Waals surface area contributed by atoms with Crippen LogP contribution >= 0.6 is 0 Å². The molecule has 0 aliphatic heterocycles. The maximum absolute atomic E-state index is 6.00. The van der Waals surface area contributed by atoms with Gasteiger partial charge in [0.05, 0.1) is 12.5 Å². The molecule has 1 aromatic rings. The molecule has 1 aliphatic rings. The van der Waals surface area contributed by atoms with E-state index in [1.807, 2.05) is 6.07 Å². The van der Waals surface area contributed by atoms with Gasteiger partial charge in [0.1, 0.15) is 0 Å². The van der Waals surface area contributed by atoms with Crippen molar-refractivity contribution < 1.29 is 4.42 Å². The lowest BCUT2D eigenvalue weighted by atomic mass is 9.74. The Kier molecular flexibility index (Phi) is 2.23. The average molecular weight is 191 g/mol. The minimum atomic E-state index is 0.184. The summed E-state index contributed by atoms with van der Waals surface area (Å²) in [5.74, 6) is 0. The number of hydrogen-bond donors (Lipinski definition) is 1. The van der Waals surface area contributed by atoms with Crippen LogP contribution in [0, 0.1) is 5.41 Å². The van der Waals surface area contributed by atoms with Gasteiger partial charge in [-0.05, 0) is 29.9 Å². The lowest BCUT2D eigenvalue weighted by Gasteiger charge is -2.32. The summed E-state index contributed by atoms with van der Waals surface area (Å²) in [5, 5.41) is 0. The summed E-state index contributed by atoms with van der Waals surface area (Å²) >= 11 is 0. The summed E-state index contributed by atoms with van der Waals surface area (Å²) in [4.78, 5) is 0. The van der Waals surface area contributed by atoms with Gasteiger partial charge in [0, 0.05) is 11.6 Å². The minimum absolute atomic E-state index is 0.184. The van der Waals surface area contributed by atoms with Crippen LogP contribution in [-0.2, 0) is 0 Å². The highest BCUT2D eigenvalue weighted by Crippen LogP contribution is 2.38. The minimum Gasteiger partial charge on any atom is -0.472 e. The van der Waals surface area contributed by atoms with Crippen molar-refractivity contribution in [3.63, 3.8) is 0 Å². The van der Waals surface area contributed by atoms with Crippen LogP contribution in [0.2, 0.25) is 0 Å². The normalized spacial score (nSPS) is 25.9. The topological polar surface area (TPSA) is 39.2 Å². The number of nitrogens with two attached hydrogens (primary N) is 1. The molecule has 1 heterocycles. The highest BCUT2D eigenvalue weighted by molar-refractivity contribution is 5.66. The third-order valence-corrected chi connectivity index (χ3v) is 2.76. The molecule has 0 bridgehead atoms. The van der Waals surface area contributed by atoms with E-state index in [0.29, 0.717) is 5.41 Å². The van der Waals surface area contributed by atoms with E-state index in [1.165, 1.54) is 11.1 Å². The zero-order valence-electron chi connectivity index (χ0n) is 8.79. The zero-order valence-corrected chi connectivity index (χ0v) is 8.79. The molecule has 1 aliphatic carbocycles. The van der Waals surface area contributed by atoms with E-state index in [-0.39, 0.29) is 6.04 Å². The Morgan fingerprint density at radius 1 is 1.50 bits per heavy atom. The van der Waals surface area contributed by atoms with Gasteiger partial charge in [0.25, 0.3) is 0 Å². The predicted octanol–water partition coefficient (Wildman–Crippen LogP) is 2.81. The van der Waals surface area contributed by atoms with E-state index in [0.717, 1.165) is 12.8 Å². The van der Waals surface area contributed by atoms with E-state index in [9.17, 15) is 0 Å². The standard InChI is InChI=1S/C12H17NO/c1-12(2)6-10(5-11(13)7-12)9-3-4-14-8-9/h3-5,8,11H,6-7,13H2,1-2H3. The van der Waals surface area contributed by atoms with Crippen molar-refractivity contribution >= 4 is 5.57 Å². The molecule has 2 N–H and O–H groups in total. The van der Waals surface area contributed by atoms with E-state index >= 15 is 0 Å². The first kappa shape index (κ1) is 9.53. The van der Waals surface area contributed by atoms with Crippen LogP contribution in [0.15, 0.2) is 29.1 Å². The number of hydrogen-bond acceptors (Lipinski definition) is 2. The predicted molar refractivity (Wildman–Crippen MR) is 57.7 cm³/mol. The first-order chi connectivity index (χ1) is 6.57. The van der Waals surface area contributed by atoms with Crippen LogP contribution in [0.25, 0.3) is 5.57 Å². The summed E-state index contributed by atoms with van der Waals surface area (Å²) in [6, 6.07) is 2.18. The Labute approximate surface area is 84.8 Å². The van der Waals surface area contributed by atoms with Crippen LogP contribution in [0.5, 0.6) is 0 Å². The van der Waals surface area contributed by atoms with Crippen molar-refractivity contribution in [2.45, 2.75) is 32.7 Å². The molecular weight excluding hydrogens is 174 g/mol. The van der Waals surface area contributed by atoms with E-state index in [1.54, 1.807) is 12.5 Å². The van der Waals surface area contributed by atoms with Crippen molar-refractivity contribution in [2.75, 3.05) is 0 Å². The van der Waals surface area contributed by atoms with Crippen molar-refractivity contribution in [3.05, 3.63) is 30.2 Å². The Morgan fingerprint density at radius 3 is 2.86 bits per heavy atom. The summed E-state index contributed by atoms with van der Waals surface area (Å²) in [7, 11) is 0. The first-order valence-electron chi connectivity index (χ1n) is 5.06. The molecule has 0 spiro atoms. The lowest BCUT2D eigenvalue weighted by Crippen LogP contribution is -2.30. The summed E-state index contributed by atoms with van der Waals surface area (Å²) in [6.45, 7) is 4.53. The van der Waals surface area contributed by atoms with Crippen molar-refractivity contribution in [3.8, 4) is 0 Å². The molecule has 1 unspecified atom stereocenters. The maximum Gasteiger partial charge on any atom is 0.0977 e. The fourth-order valence-electron chi connectivity index (χ4n) is 2.25. The van der Waals surface area contributed by atoms with Crippen LogP contribution in [0.3, 0.4) is 0 Å². The second-order valence-corrected chi connectivity index (χ2v) is 4.91. The van der Waals surface area contributed by atoms with Crippen molar-refractivity contribution in [2.24, 2.45) is 11.1 Å². The van der Waals surface area contributed by atoms with Gasteiger partial charge in [-0.1, -0.05) is 19.9 Å². The van der Waals surface area contributed by atoms with Crippen LogP contribution in [-0.4, -0.2) is 6.04 Å². The number of rotatable bonds is 1. The average Bonchev–Trinajstić information content (AvgIpc) is 2.51. The SMILES string of the molecule is CC1(C)CC(c2ccoc2)=CC(N)C1. The quantitative estimate of drug-likeness (QED) is 0.741. The van der Waals surface area contributed by atoms with Gasteiger partial charge in [-0.2, -0.15) is 0 Å². The molecule has 0 saturated heterocycles. The molecule has 76 valence electrons. The van der Waals surface area contributed by atoms with Gasteiger partial charge in [0.15, 0.2) is 0 Å². The lowest BCUT2D eigenvalue weighted by molar-refractivity contribution is 0.318. The molecule has 0 radical (unpaired) electrons. The Balaban J connectivity index is 2.28. The van der Waals surface area contributed by atoms with Crippen molar-refractivity contribution in [1.29, 1.82) is 0 Å². The fraction of sp³-hybridized carbons (Fsp3) is 0.500. The first-order valence-corrected chi connectivity index (χ1v) is 5.06. The number of furan rings is 1. The van der Waals surface area contributed by atoms with E-state index in [4.69, 9.17) is 10.2 Å². The summed E-state index contributed by atoms with van der Waals surface area (Å²) in [5.41, 5.74) is 8.80. The van der Waals surface area contributed by atoms with Gasteiger partial charge in [-0.15, -0.1) is 0 Å². The second kappa shape index (κ2) is 3.28. The Bertz CT molecular complexity index is 335. The molecule has 14 heavy (non-hydrogen) atoms. The van der Waals surface area contributed by atoms with Gasteiger partial charge in [0.2, 0.25) is 0 Å². The molecule has 1 atom stereocenters. The molecule has 2 heteroatoms. The molecule has 0 aromatic carbocycles. The molecular formula is C12H17NO. The van der Waals surface area contributed by atoms with Gasteiger partial charge < -0.3 is 10.2 Å². The zero-order chi connectivity index (χ0) is 10.2. The summed E-state index contributed by atoms with van der Waals surface area (Å²) < 4.78 is 5.09. The third-order valence-electron chi connectivity index (χ3n) is 2.76. The van der Waals surface area contributed by atoms with E-state index < -0.39 is 0 Å². The molecule has 2 rings (SSSR count). The second-order valence-electron chi connectivity index (χ2n) is 4.91. The third kappa shape index (κ3) is 1.90. The van der Waals surface area contributed by atoms with Crippen LogP contribution < -0.4 is 5.73 Å². The fourth-order valence-corrected chi connectivity index (χ4v) is 2.25. The van der Waals surface area contributed by atoms with Crippen LogP contribution in [0.4, 0.5) is 0 Å². The largest absolute Gasteiger partial charge is 0.472 e. The molecule has 1 aromatic heterocycles. The van der Waals surface area contributed by atoms with Gasteiger partial charge >= 0.3 is 0 Å². The van der Waals surface area contributed by atoms with E-state index in [2.05, 4.69) is 19.9 Å². The van der Waals surface area contributed by atoms with Crippen LogP contribution in [0.1, 0.15) is 32.3 Å². The molecule has 0 fully saturated rings.